The third kappa shape index (κ3) is 7.20. The normalized spacial score (nSPS) is 32.4. The molecular weight excluding hydrogens is 284 g/mol. The van der Waals surface area contributed by atoms with E-state index in [0.717, 1.165) is 0 Å². The van der Waals surface area contributed by atoms with E-state index in [-0.39, 0.29) is 10.8 Å². The van der Waals surface area contributed by atoms with Gasteiger partial charge >= 0.3 is 0 Å². The van der Waals surface area contributed by atoms with Crippen molar-refractivity contribution in [3.63, 3.8) is 0 Å². The molecule has 0 aromatic rings. The molecule has 0 unspecified atom stereocenters. The van der Waals surface area contributed by atoms with Crippen LogP contribution in [0, 0.1) is 33.5 Å². The van der Waals surface area contributed by atoms with E-state index in [4.69, 9.17) is 29.5 Å². The van der Waals surface area contributed by atoms with Gasteiger partial charge in [0.25, 0.3) is 0 Å². The third-order valence-corrected chi connectivity index (χ3v) is 3.56. The molecule has 0 spiro atoms. The maximum absolute atomic E-state index is 8.93. The van der Waals surface area contributed by atoms with Crippen molar-refractivity contribution in [2.45, 2.75) is 26.7 Å². The van der Waals surface area contributed by atoms with Gasteiger partial charge in [-0.05, 0) is 0 Å². The van der Waals surface area contributed by atoms with Crippen molar-refractivity contribution in [2.24, 2.45) is 10.8 Å². The van der Waals surface area contributed by atoms with E-state index < -0.39 is 0 Å². The summed E-state index contributed by atoms with van der Waals surface area (Å²) >= 11 is 0. The van der Waals surface area contributed by atoms with Crippen LogP contribution in [-0.4, -0.2) is 52.9 Å². The second-order valence-corrected chi connectivity index (χ2v) is 6.50. The number of ether oxygens (including phenoxy) is 4. The van der Waals surface area contributed by atoms with E-state index in [1.54, 1.807) is 0 Å². The highest BCUT2D eigenvalue weighted by Crippen LogP contribution is 2.24. The Bertz CT molecular complexity index is 346. The van der Waals surface area contributed by atoms with Crippen molar-refractivity contribution >= 4 is 0 Å². The first kappa shape index (κ1) is 18.9. The van der Waals surface area contributed by atoms with E-state index in [9.17, 15) is 0 Å². The minimum absolute atomic E-state index is 0.311. The molecule has 1 aliphatic heterocycles. The van der Waals surface area contributed by atoms with E-state index in [2.05, 4.69) is 12.1 Å². The topological polar surface area (TPSA) is 84.5 Å². The largest absolute Gasteiger partial charge is 0.378 e. The van der Waals surface area contributed by atoms with E-state index >= 15 is 0 Å². The van der Waals surface area contributed by atoms with E-state index in [0.29, 0.717) is 65.7 Å². The van der Waals surface area contributed by atoms with Crippen LogP contribution < -0.4 is 0 Å². The minimum Gasteiger partial charge on any atom is -0.378 e. The lowest BCUT2D eigenvalue weighted by molar-refractivity contribution is -0.0719. The molecule has 0 aromatic heterocycles. The Kier molecular flexibility index (Phi) is 8.37. The Morgan fingerprint density at radius 3 is 1.18 bits per heavy atom. The highest BCUT2D eigenvalue weighted by Gasteiger charge is 2.27. The van der Waals surface area contributed by atoms with Crippen LogP contribution >= 0.6 is 0 Å². The van der Waals surface area contributed by atoms with Crippen LogP contribution in [0.4, 0.5) is 0 Å². The molecule has 0 atom stereocenters. The van der Waals surface area contributed by atoms with Crippen LogP contribution in [-0.2, 0) is 18.9 Å². The van der Waals surface area contributed by atoms with Crippen LogP contribution in [0.15, 0.2) is 0 Å². The maximum Gasteiger partial charge on any atom is 0.0700 e. The zero-order valence-corrected chi connectivity index (χ0v) is 13.6. The monoisotopic (exact) mass is 310 g/mol. The fourth-order valence-corrected chi connectivity index (χ4v) is 2.18. The fraction of sp³-hybridized carbons (Fsp3) is 0.875. The molecule has 0 bridgehead atoms. The molecule has 6 nitrogen and oxygen atoms in total. The highest BCUT2D eigenvalue weighted by atomic mass is 16.5. The second-order valence-electron chi connectivity index (χ2n) is 6.50. The van der Waals surface area contributed by atoms with E-state index in [1.807, 2.05) is 13.8 Å². The quantitative estimate of drug-likeness (QED) is 0.774. The molecule has 0 amide bonds. The molecule has 1 rings (SSSR count). The van der Waals surface area contributed by atoms with Crippen molar-refractivity contribution < 1.29 is 18.9 Å². The molecule has 0 N–H and O–H groups in total. The van der Waals surface area contributed by atoms with Crippen molar-refractivity contribution in [3.8, 4) is 12.1 Å². The first-order valence-corrected chi connectivity index (χ1v) is 7.59. The lowest BCUT2D eigenvalue weighted by Crippen LogP contribution is -2.33. The van der Waals surface area contributed by atoms with Crippen molar-refractivity contribution in [2.75, 3.05) is 52.9 Å². The van der Waals surface area contributed by atoms with Gasteiger partial charge in [-0.15, -0.1) is 0 Å². The lowest BCUT2D eigenvalue weighted by atomic mass is 9.89. The van der Waals surface area contributed by atoms with Gasteiger partial charge in [-0.3, -0.25) is 0 Å². The number of nitriles is 2. The van der Waals surface area contributed by atoms with Gasteiger partial charge < -0.3 is 18.9 Å². The van der Waals surface area contributed by atoms with Gasteiger partial charge in [0.05, 0.1) is 65.0 Å². The Morgan fingerprint density at radius 1 is 0.682 bits per heavy atom. The summed E-state index contributed by atoms with van der Waals surface area (Å²) in [5, 5.41) is 17.9. The molecule has 1 heterocycles. The SMILES string of the molecule is CC1(CC#N)COCCOCC(C)(CC#N)COCCOC1. The van der Waals surface area contributed by atoms with Gasteiger partial charge in [0.15, 0.2) is 0 Å². The molecule has 6 heteroatoms. The van der Waals surface area contributed by atoms with Crippen LogP contribution in [0.3, 0.4) is 0 Å². The first-order chi connectivity index (χ1) is 10.5. The molecule has 124 valence electrons. The molecule has 1 aliphatic rings. The smallest absolute Gasteiger partial charge is 0.0700 e. The second kappa shape index (κ2) is 9.76. The average Bonchev–Trinajstić information content (AvgIpc) is 2.46. The third-order valence-electron chi connectivity index (χ3n) is 3.56. The van der Waals surface area contributed by atoms with Crippen molar-refractivity contribution in [1.82, 2.24) is 0 Å². The average molecular weight is 310 g/mol. The van der Waals surface area contributed by atoms with Gasteiger partial charge in [0, 0.05) is 23.7 Å². The zero-order valence-electron chi connectivity index (χ0n) is 13.6. The summed E-state index contributed by atoms with van der Waals surface area (Å²) in [6.45, 7) is 7.65. The molecule has 0 saturated carbocycles. The molecular formula is C16H26N2O4. The van der Waals surface area contributed by atoms with E-state index in [1.165, 1.54) is 0 Å². The van der Waals surface area contributed by atoms with Gasteiger partial charge in [0.2, 0.25) is 0 Å². The predicted molar refractivity (Wildman–Crippen MR) is 80.0 cm³/mol. The summed E-state index contributed by atoms with van der Waals surface area (Å²) in [7, 11) is 0. The minimum atomic E-state index is -0.311. The summed E-state index contributed by atoms with van der Waals surface area (Å²) in [4.78, 5) is 0. The standard InChI is InChI=1S/C16H26N2O4/c1-15(3-5-17)11-19-7-9-21-13-16(2,4-6-18)14-22-10-8-20-12-15/h3-4,7-14H2,1-2H3. The summed E-state index contributed by atoms with van der Waals surface area (Å²) < 4.78 is 22.5. The Labute approximate surface area is 132 Å². The first-order valence-electron chi connectivity index (χ1n) is 7.59. The molecule has 1 fully saturated rings. The van der Waals surface area contributed by atoms with Gasteiger partial charge in [-0.2, -0.15) is 10.5 Å². The summed E-state index contributed by atoms with van der Waals surface area (Å²) in [5.41, 5.74) is -0.623. The number of hydrogen-bond acceptors (Lipinski definition) is 6. The molecule has 22 heavy (non-hydrogen) atoms. The van der Waals surface area contributed by atoms with Gasteiger partial charge in [0.1, 0.15) is 0 Å². The van der Waals surface area contributed by atoms with Crippen molar-refractivity contribution in [3.05, 3.63) is 0 Å². The number of rotatable bonds is 2. The van der Waals surface area contributed by atoms with Crippen LogP contribution in [0.5, 0.6) is 0 Å². The predicted octanol–water partition coefficient (Wildman–Crippen LogP) is 1.91. The lowest BCUT2D eigenvalue weighted by Gasteiger charge is -2.29. The summed E-state index contributed by atoms with van der Waals surface area (Å²) in [6.07, 6.45) is 0.768. The fourth-order valence-electron chi connectivity index (χ4n) is 2.18. The molecule has 0 radical (unpaired) electrons. The van der Waals surface area contributed by atoms with Gasteiger partial charge in [-0.1, -0.05) is 13.8 Å². The number of hydrogen-bond donors (Lipinski definition) is 0. The summed E-state index contributed by atoms with van der Waals surface area (Å²) in [5.74, 6) is 0. The summed E-state index contributed by atoms with van der Waals surface area (Å²) in [6, 6.07) is 4.37. The van der Waals surface area contributed by atoms with Gasteiger partial charge in [-0.25, -0.2) is 0 Å². The number of nitrogens with zero attached hydrogens (tertiary/aromatic N) is 2. The molecule has 0 aromatic carbocycles. The van der Waals surface area contributed by atoms with Crippen molar-refractivity contribution in [1.29, 1.82) is 10.5 Å². The van der Waals surface area contributed by atoms with Crippen LogP contribution in [0.2, 0.25) is 0 Å². The Balaban J connectivity index is 2.53. The van der Waals surface area contributed by atoms with Crippen LogP contribution in [0.25, 0.3) is 0 Å². The Morgan fingerprint density at radius 2 is 0.955 bits per heavy atom. The highest BCUT2D eigenvalue weighted by molar-refractivity contribution is 4.86. The maximum atomic E-state index is 8.93. The zero-order chi connectivity index (χ0) is 16.3. The molecule has 1 saturated heterocycles. The Hall–Kier alpha value is -1.18. The molecule has 0 aliphatic carbocycles. The van der Waals surface area contributed by atoms with Crippen LogP contribution in [0.1, 0.15) is 26.7 Å².